The lowest BCUT2D eigenvalue weighted by molar-refractivity contribution is -0.0439. The molecule has 0 aromatic carbocycles. The zero-order valence-electron chi connectivity index (χ0n) is 29.4. The van der Waals surface area contributed by atoms with Gasteiger partial charge in [-0.3, -0.25) is 0 Å². The number of allylic oxidation sites excluding steroid dienone is 9. The van der Waals surface area contributed by atoms with Gasteiger partial charge in [-0.25, -0.2) is 0 Å². The van der Waals surface area contributed by atoms with Crippen molar-refractivity contribution in [2.24, 2.45) is 34.5 Å². The molecule has 4 unspecified atom stereocenters. The molecule has 0 aromatic heterocycles. The van der Waals surface area contributed by atoms with Crippen molar-refractivity contribution in [3.8, 4) is 0 Å². The second-order valence-electron chi connectivity index (χ2n) is 15.5. The fourth-order valence-electron chi connectivity index (χ4n) is 7.20. The SMILES string of the molecule is CC1=C(/C=C/C(C)CCCC(C)/C=C/C=C/C(C)CCCC(C)/C=C/C2=C(C)C[C@@H](O)[C@H](O)C2(C)C)C(C)(C)C[C@H](O)C1. The molecule has 0 bridgehead atoms. The Bertz CT molecular complexity index is 1050. The highest BCUT2D eigenvalue weighted by molar-refractivity contribution is 5.36. The number of aliphatic hydroxyl groups excluding tert-OH is 3. The first-order chi connectivity index (χ1) is 20.0. The molecule has 244 valence electrons. The molecule has 0 saturated carbocycles. The van der Waals surface area contributed by atoms with Gasteiger partial charge in [0.05, 0.1) is 18.3 Å². The number of rotatable bonds is 15. The molecule has 3 heteroatoms. The van der Waals surface area contributed by atoms with Crippen molar-refractivity contribution in [1.29, 1.82) is 0 Å². The van der Waals surface area contributed by atoms with Gasteiger partial charge in [0.15, 0.2) is 0 Å². The molecule has 0 radical (unpaired) electrons. The van der Waals surface area contributed by atoms with Gasteiger partial charge in [-0.15, -0.1) is 0 Å². The van der Waals surface area contributed by atoms with Crippen LogP contribution in [0.3, 0.4) is 0 Å². The highest BCUT2D eigenvalue weighted by Gasteiger charge is 2.40. The third kappa shape index (κ3) is 12.0. The van der Waals surface area contributed by atoms with E-state index in [0.717, 1.165) is 19.3 Å². The standard InChI is InChI=1S/C40H66O3/c1-28(17-13-19-30(3)21-23-35-32(5)25-34(41)27-39(35,7)8)15-11-12-16-29(2)18-14-20-31(4)22-24-36-33(6)26-37(42)38(43)40(36,9)10/h11-12,15-16,21-24,28-31,34,37-38,41-43H,13-14,17-20,25-27H2,1-10H3/b15-11+,16-12+,23-21+,24-22+/t28?,29?,30?,31?,34-,37-,38+/m1/s1. The Kier molecular flexibility index (Phi) is 14.9. The van der Waals surface area contributed by atoms with E-state index in [1.807, 2.05) is 13.8 Å². The van der Waals surface area contributed by atoms with E-state index < -0.39 is 17.6 Å². The maximum atomic E-state index is 10.5. The number of aliphatic hydroxyl groups is 3. The summed E-state index contributed by atoms with van der Waals surface area (Å²) in [6, 6.07) is 0. The van der Waals surface area contributed by atoms with Gasteiger partial charge in [0.1, 0.15) is 0 Å². The van der Waals surface area contributed by atoms with Crippen LogP contribution < -0.4 is 0 Å². The van der Waals surface area contributed by atoms with Crippen molar-refractivity contribution in [3.63, 3.8) is 0 Å². The Morgan fingerprint density at radius 2 is 1.07 bits per heavy atom. The molecule has 0 amide bonds. The van der Waals surface area contributed by atoms with Crippen LogP contribution in [-0.2, 0) is 0 Å². The van der Waals surface area contributed by atoms with Gasteiger partial charge < -0.3 is 15.3 Å². The third-order valence-corrected chi connectivity index (χ3v) is 10.1. The van der Waals surface area contributed by atoms with Crippen LogP contribution >= 0.6 is 0 Å². The summed E-state index contributed by atoms with van der Waals surface area (Å²) >= 11 is 0. The molecule has 2 rings (SSSR count). The Hall–Kier alpha value is -1.68. The van der Waals surface area contributed by atoms with E-state index in [0.29, 0.717) is 30.1 Å². The average molecular weight is 595 g/mol. The first-order valence-electron chi connectivity index (χ1n) is 17.2. The van der Waals surface area contributed by atoms with Gasteiger partial charge in [-0.05, 0) is 99.0 Å². The minimum atomic E-state index is -0.717. The molecule has 3 nitrogen and oxygen atoms in total. The van der Waals surface area contributed by atoms with E-state index in [1.54, 1.807) is 0 Å². The van der Waals surface area contributed by atoms with E-state index in [1.165, 1.54) is 54.4 Å². The fraction of sp³-hybridized carbons (Fsp3) is 0.700. The Labute approximate surface area is 265 Å². The Morgan fingerprint density at radius 3 is 1.53 bits per heavy atom. The quantitative estimate of drug-likeness (QED) is 0.165. The van der Waals surface area contributed by atoms with Crippen molar-refractivity contribution in [3.05, 3.63) is 70.9 Å². The topological polar surface area (TPSA) is 60.7 Å². The minimum Gasteiger partial charge on any atom is -0.393 e. The first kappa shape index (κ1) is 37.5. The summed E-state index contributed by atoms with van der Waals surface area (Å²) in [6.07, 6.45) is 26.2. The molecule has 0 fully saturated rings. The molecule has 2 aliphatic rings. The van der Waals surface area contributed by atoms with Gasteiger partial charge >= 0.3 is 0 Å². The van der Waals surface area contributed by atoms with Gasteiger partial charge in [-0.2, -0.15) is 0 Å². The van der Waals surface area contributed by atoms with Gasteiger partial charge in [-0.1, -0.05) is 128 Å². The Morgan fingerprint density at radius 1 is 0.651 bits per heavy atom. The van der Waals surface area contributed by atoms with Crippen LogP contribution in [-0.4, -0.2) is 33.6 Å². The molecule has 0 spiro atoms. The zero-order valence-corrected chi connectivity index (χ0v) is 29.4. The van der Waals surface area contributed by atoms with E-state index in [4.69, 9.17) is 0 Å². The van der Waals surface area contributed by atoms with Crippen LogP contribution in [0.25, 0.3) is 0 Å². The van der Waals surface area contributed by atoms with E-state index in [-0.39, 0.29) is 11.5 Å². The first-order valence-corrected chi connectivity index (χ1v) is 17.2. The molecular weight excluding hydrogens is 528 g/mol. The summed E-state index contributed by atoms with van der Waals surface area (Å²) in [4.78, 5) is 0. The van der Waals surface area contributed by atoms with Crippen molar-refractivity contribution in [2.45, 2.75) is 145 Å². The molecule has 2 aliphatic carbocycles. The molecule has 0 aliphatic heterocycles. The van der Waals surface area contributed by atoms with Crippen LogP contribution in [0.5, 0.6) is 0 Å². The fourth-order valence-corrected chi connectivity index (χ4v) is 7.20. The highest BCUT2D eigenvalue weighted by atomic mass is 16.3. The molecule has 0 saturated heterocycles. The van der Waals surface area contributed by atoms with Crippen LogP contribution in [0.4, 0.5) is 0 Å². The summed E-state index contributed by atoms with van der Waals surface area (Å²) in [6.45, 7) is 22.1. The van der Waals surface area contributed by atoms with Crippen molar-refractivity contribution >= 4 is 0 Å². The predicted molar refractivity (Wildman–Crippen MR) is 186 cm³/mol. The van der Waals surface area contributed by atoms with Crippen molar-refractivity contribution in [2.75, 3.05) is 0 Å². The van der Waals surface area contributed by atoms with Crippen molar-refractivity contribution < 1.29 is 15.3 Å². The average Bonchev–Trinajstić information content (AvgIpc) is 2.88. The molecule has 7 atom stereocenters. The number of hydrogen-bond donors (Lipinski definition) is 3. The van der Waals surface area contributed by atoms with E-state index in [2.05, 4.69) is 104 Å². The molecule has 3 N–H and O–H groups in total. The van der Waals surface area contributed by atoms with Gasteiger partial charge in [0.25, 0.3) is 0 Å². The van der Waals surface area contributed by atoms with Crippen LogP contribution in [0.1, 0.15) is 127 Å². The monoisotopic (exact) mass is 595 g/mol. The number of hydrogen-bond acceptors (Lipinski definition) is 3. The van der Waals surface area contributed by atoms with Crippen LogP contribution in [0, 0.1) is 34.5 Å². The largest absolute Gasteiger partial charge is 0.393 e. The lowest BCUT2D eigenvalue weighted by Crippen LogP contribution is -2.44. The van der Waals surface area contributed by atoms with E-state index >= 15 is 0 Å². The van der Waals surface area contributed by atoms with Gasteiger partial charge in [0.2, 0.25) is 0 Å². The summed E-state index contributed by atoms with van der Waals surface area (Å²) in [7, 11) is 0. The normalized spacial score (nSPS) is 27.6. The summed E-state index contributed by atoms with van der Waals surface area (Å²) < 4.78 is 0. The third-order valence-electron chi connectivity index (χ3n) is 10.1. The molecular formula is C40H66O3. The molecule has 43 heavy (non-hydrogen) atoms. The lowest BCUT2D eigenvalue weighted by atomic mass is 9.69. The molecule has 0 aromatic rings. The maximum Gasteiger partial charge on any atom is 0.0893 e. The lowest BCUT2D eigenvalue weighted by Gasteiger charge is -2.40. The summed E-state index contributed by atoms with van der Waals surface area (Å²) in [5.41, 5.74) is 4.75. The highest BCUT2D eigenvalue weighted by Crippen LogP contribution is 2.42. The van der Waals surface area contributed by atoms with Crippen molar-refractivity contribution in [1.82, 2.24) is 0 Å². The Balaban J connectivity index is 1.67. The van der Waals surface area contributed by atoms with Crippen LogP contribution in [0.2, 0.25) is 0 Å². The zero-order chi connectivity index (χ0) is 32.4. The predicted octanol–water partition coefficient (Wildman–Crippen LogP) is 10.1. The van der Waals surface area contributed by atoms with E-state index in [9.17, 15) is 15.3 Å². The molecule has 0 heterocycles. The minimum absolute atomic E-state index is 0.0555. The smallest absolute Gasteiger partial charge is 0.0893 e. The maximum absolute atomic E-state index is 10.5. The second kappa shape index (κ2) is 17.1. The summed E-state index contributed by atoms with van der Waals surface area (Å²) in [5, 5.41) is 30.8. The van der Waals surface area contributed by atoms with Gasteiger partial charge in [0, 0.05) is 5.41 Å². The van der Waals surface area contributed by atoms with Crippen LogP contribution in [0.15, 0.2) is 70.9 Å². The summed E-state index contributed by atoms with van der Waals surface area (Å²) in [5.74, 6) is 2.22. The second-order valence-corrected chi connectivity index (χ2v) is 15.5.